The largest absolute Gasteiger partial charge is 0.497 e. The summed E-state index contributed by atoms with van der Waals surface area (Å²) in [6.45, 7) is 0.322. The van der Waals surface area contributed by atoms with Crippen LogP contribution in [0.1, 0.15) is 5.56 Å². The van der Waals surface area contributed by atoms with Crippen molar-refractivity contribution in [1.82, 2.24) is 5.32 Å². The van der Waals surface area contributed by atoms with E-state index in [4.69, 9.17) is 21.6 Å². The molecule has 5 nitrogen and oxygen atoms in total. The SMILES string of the molecule is COc1ccc(CNC(=O)/C(C#N)=C\Nc2ccc(Cl)cc2)cc1. The van der Waals surface area contributed by atoms with Crippen LogP contribution < -0.4 is 15.4 Å². The van der Waals surface area contributed by atoms with Crippen molar-refractivity contribution in [2.75, 3.05) is 12.4 Å². The first-order valence-corrected chi connectivity index (χ1v) is 7.53. The maximum absolute atomic E-state index is 12.1. The molecule has 0 aliphatic heterocycles. The van der Waals surface area contributed by atoms with Gasteiger partial charge in [-0.15, -0.1) is 0 Å². The molecule has 0 radical (unpaired) electrons. The summed E-state index contributed by atoms with van der Waals surface area (Å²) < 4.78 is 5.08. The summed E-state index contributed by atoms with van der Waals surface area (Å²) in [7, 11) is 1.59. The van der Waals surface area contributed by atoms with E-state index in [2.05, 4.69) is 10.6 Å². The number of nitrogens with zero attached hydrogens (tertiary/aromatic N) is 1. The van der Waals surface area contributed by atoms with E-state index in [1.165, 1.54) is 6.20 Å². The van der Waals surface area contributed by atoms with Crippen molar-refractivity contribution in [2.24, 2.45) is 0 Å². The van der Waals surface area contributed by atoms with Crippen molar-refractivity contribution in [3.63, 3.8) is 0 Å². The van der Waals surface area contributed by atoms with Gasteiger partial charge in [0.1, 0.15) is 17.4 Å². The maximum atomic E-state index is 12.1. The van der Waals surface area contributed by atoms with Crippen molar-refractivity contribution in [3.8, 4) is 11.8 Å². The molecule has 0 bridgehead atoms. The summed E-state index contributed by atoms with van der Waals surface area (Å²) in [6, 6.07) is 16.1. The molecule has 0 saturated heterocycles. The van der Waals surface area contributed by atoms with Crippen molar-refractivity contribution in [3.05, 3.63) is 70.9 Å². The number of nitrogens with one attached hydrogen (secondary N) is 2. The topological polar surface area (TPSA) is 74.1 Å². The molecular formula is C18H16ClN3O2. The van der Waals surface area contributed by atoms with Crippen LogP contribution in [0.3, 0.4) is 0 Å². The quantitative estimate of drug-likeness (QED) is 0.623. The Hall–Kier alpha value is -2.97. The van der Waals surface area contributed by atoms with Gasteiger partial charge in [-0.2, -0.15) is 5.26 Å². The normalized spacial score (nSPS) is 10.6. The zero-order chi connectivity index (χ0) is 17.4. The molecule has 0 aliphatic carbocycles. The fourth-order valence-corrected chi connectivity index (χ4v) is 2.00. The van der Waals surface area contributed by atoms with Crippen LogP contribution in [0.5, 0.6) is 5.75 Å². The number of halogens is 1. The molecule has 0 spiro atoms. The number of benzene rings is 2. The van der Waals surface area contributed by atoms with Crippen LogP contribution in [0, 0.1) is 11.3 Å². The number of anilines is 1. The average molecular weight is 342 g/mol. The lowest BCUT2D eigenvalue weighted by Crippen LogP contribution is -2.24. The van der Waals surface area contributed by atoms with E-state index in [0.29, 0.717) is 11.6 Å². The van der Waals surface area contributed by atoms with Crippen molar-refractivity contribution >= 4 is 23.2 Å². The van der Waals surface area contributed by atoms with Crippen LogP contribution in [-0.4, -0.2) is 13.0 Å². The number of hydrogen-bond donors (Lipinski definition) is 2. The third-order valence-corrected chi connectivity index (χ3v) is 3.46. The monoisotopic (exact) mass is 341 g/mol. The number of ether oxygens (including phenoxy) is 1. The van der Waals surface area contributed by atoms with Gasteiger partial charge in [0, 0.05) is 23.5 Å². The molecule has 0 aromatic heterocycles. The third-order valence-electron chi connectivity index (χ3n) is 3.20. The fourth-order valence-electron chi connectivity index (χ4n) is 1.87. The molecule has 2 aromatic rings. The highest BCUT2D eigenvalue weighted by Crippen LogP contribution is 2.14. The lowest BCUT2D eigenvalue weighted by atomic mass is 10.2. The Labute approximate surface area is 145 Å². The molecule has 2 aromatic carbocycles. The molecule has 0 aliphatic rings. The zero-order valence-electron chi connectivity index (χ0n) is 13.0. The van der Waals surface area contributed by atoms with Crippen LogP contribution in [0.25, 0.3) is 0 Å². The van der Waals surface area contributed by atoms with Crippen LogP contribution in [0.2, 0.25) is 5.02 Å². The van der Waals surface area contributed by atoms with E-state index < -0.39 is 5.91 Å². The summed E-state index contributed by atoms with van der Waals surface area (Å²) in [4.78, 5) is 12.1. The van der Waals surface area contributed by atoms with E-state index in [1.807, 2.05) is 30.3 Å². The Bertz CT molecular complexity index is 762. The number of nitriles is 1. The van der Waals surface area contributed by atoms with E-state index in [0.717, 1.165) is 17.0 Å². The van der Waals surface area contributed by atoms with Crippen LogP contribution >= 0.6 is 11.6 Å². The predicted molar refractivity (Wildman–Crippen MR) is 93.6 cm³/mol. The average Bonchev–Trinajstić information content (AvgIpc) is 2.62. The van der Waals surface area contributed by atoms with E-state index in [-0.39, 0.29) is 5.57 Å². The lowest BCUT2D eigenvalue weighted by molar-refractivity contribution is -0.117. The highest BCUT2D eigenvalue weighted by Gasteiger charge is 2.08. The second-order valence-electron chi connectivity index (χ2n) is 4.85. The maximum Gasteiger partial charge on any atom is 0.263 e. The predicted octanol–water partition coefficient (Wildman–Crippen LogP) is 3.48. The Kier molecular flexibility index (Phi) is 6.23. The van der Waals surface area contributed by atoms with Gasteiger partial charge in [0.2, 0.25) is 0 Å². The molecule has 0 unspecified atom stereocenters. The molecule has 0 heterocycles. The molecule has 122 valence electrons. The second-order valence-corrected chi connectivity index (χ2v) is 5.29. The minimum absolute atomic E-state index is 0.0153. The van der Waals surface area contributed by atoms with E-state index in [9.17, 15) is 4.79 Å². The Morgan fingerprint density at radius 1 is 1.21 bits per heavy atom. The van der Waals surface area contributed by atoms with Crippen molar-refractivity contribution < 1.29 is 9.53 Å². The highest BCUT2D eigenvalue weighted by atomic mass is 35.5. The van der Waals surface area contributed by atoms with Crippen molar-refractivity contribution in [2.45, 2.75) is 6.54 Å². The Morgan fingerprint density at radius 3 is 2.46 bits per heavy atom. The molecule has 0 fully saturated rings. The van der Waals surface area contributed by atoms with Crippen LogP contribution in [-0.2, 0) is 11.3 Å². The summed E-state index contributed by atoms with van der Waals surface area (Å²) in [5.74, 6) is 0.296. The zero-order valence-corrected chi connectivity index (χ0v) is 13.8. The standard InChI is InChI=1S/C18H16ClN3O2/c1-24-17-8-2-13(3-9-17)11-22-18(23)14(10-20)12-21-16-6-4-15(19)5-7-16/h2-9,12,21H,11H2,1H3,(H,22,23)/b14-12-. The van der Waals surface area contributed by atoms with Gasteiger partial charge < -0.3 is 15.4 Å². The third kappa shape index (κ3) is 5.04. The van der Waals surface area contributed by atoms with Gasteiger partial charge in [0.15, 0.2) is 0 Å². The summed E-state index contributed by atoms with van der Waals surface area (Å²) in [5, 5.41) is 15.3. The number of amides is 1. The molecule has 0 atom stereocenters. The molecule has 0 saturated carbocycles. The summed E-state index contributed by atoms with van der Waals surface area (Å²) in [5.41, 5.74) is 1.63. The highest BCUT2D eigenvalue weighted by molar-refractivity contribution is 6.30. The molecular weight excluding hydrogens is 326 g/mol. The molecule has 1 amide bonds. The molecule has 6 heteroatoms. The van der Waals surface area contributed by atoms with E-state index >= 15 is 0 Å². The smallest absolute Gasteiger partial charge is 0.263 e. The first kappa shape index (κ1) is 17.4. The lowest BCUT2D eigenvalue weighted by Gasteiger charge is -2.06. The van der Waals surface area contributed by atoms with Gasteiger partial charge in [-0.25, -0.2) is 0 Å². The minimum atomic E-state index is -0.449. The van der Waals surface area contributed by atoms with Gasteiger partial charge in [0.05, 0.1) is 7.11 Å². The minimum Gasteiger partial charge on any atom is -0.497 e. The first-order valence-electron chi connectivity index (χ1n) is 7.16. The number of carbonyl (C=O) groups is 1. The number of methoxy groups -OCH3 is 1. The molecule has 24 heavy (non-hydrogen) atoms. The summed E-state index contributed by atoms with van der Waals surface area (Å²) in [6.07, 6.45) is 1.37. The fraction of sp³-hybridized carbons (Fsp3) is 0.111. The van der Waals surface area contributed by atoms with Crippen LogP contribution in [0.15, 0.2) is 60.3 Å². The summed E-state index contributed by atoms with van der Waals surface area (Å²) >= 11 is 5.80. The second kappa shape index (κ2) is 8.61. The Morgan fingerprint density at radius 2 is 1.88 bits per heavy atom. The molecule has 2 rings (SSSR count). The van der Waals surface area contributed by atoms with Gasteiger partial charge in [-0.1, -0.05) is 23.7 Å². The van der Waals surface area contributed by atoms with Gasteiger partial charge in [-0.05, 0) is 42.0 Å². The van der Waals surface area contributed by atoms with Gasteiger partial charge in [-0.3, -0.25) is 4.79 Å². The number of hydrogen-bond acceptors (Lipinski definition) is 4. The first-order chi connectivity index (χ1) is 11.6. The molecule has 2 N–H and O–H groups in total. The van der Waals surface area contributed by atoms with Crippen molar-refractivity contribution in [1.29, 1.82) is 5.26 Å². The van der Waals surface area contributed by atoms with Gasteiger partial charge in [0.25, 0.3) is 5.91 Å². The van der Waals surface area contributed by atoms with Crippen LogP contribution in [0.4, 0.5) is 5.69 Å². The van der Waals surface area contributed by atoms with Gasteiger partial charge >= 0.3 is 0 Å². The number of rotatable bonds is 6. The van der Waals surface area contributed by atoms with E-state index in [1.54, 1.807) is 31.4 Å². The number of carbonyl (C=O) groups excluding carboxylic acids is 1. The Balaban J connectivity index is 1.93.